The Hall–Kier alpha value is -0.0151. The molecule has 10 heavy (non-hydrogen) atoms. The summed E-state index contributed by atoms with van der Waals surface area (Å²) in [5.74, 6) is 0.537. The summed E-state index contributed by atoms with van der Waals surface area (Å²) in [7, 11) is 7.25. The standard InChI is InChI=1S/C7H13BO2/c1-5-3-7(8)10-6(5)4-9-2/h5-7H,3-4H2,1-2H3/t5?,6-,7-/m1/s1. The van der Waals surface area contributed by atoms with Gasteiger partial charge in [0.15, 0.2) is 0 Å². The molecular formula is C7H13BO2. The van der Waals surface area contributed by atoms with Gasteiger partial charge in [-0.15, -0.1) is 0 Å². The van der Waals surface area contributed by atoms with Crippen LogP contribution in [-0.4, -0.2) is 33.7 Å². The van der Waals surface area contributed by atoms with E-state index in [1.165, 1.54) is 0 Å². The molecule has 1 heterocycles. The summed E-state index contributed by atoms with van der Waals surface area (Å²) in [6, 6.07) is -0.0739. The lowest BCUT2D eigenvalue weighted by molar-refractivity contribution is 0.0121. The fourth-order valence-electron chi connectivity index (χ4n) is 1.30. The summed E-state index contributed by atoms with van der Waals surface area (Å²) in [4.78, 5) is 0. The minimum atomic E-state index is -0.0739. The van der Waals surface area contributed by atoms with Crippen LogP contribution < -0.4 is 0 Å². The number of hydrogen-bond acceptors (Lipinski definition) is 2. The second-order valence-electron chi connectivity index (χ2n) is 2.88. The van der Waals surface area contributed by atoms with Crippen LogP contribution in [-0.2, 0) is 9.47 Å². The van der Waals surface area contributed by atoms with E-state index >= 15 is 0 Å². The van der Waals surface area contributed by atoms with Crippen molar-refractivity contribution < 1.29 is 9.47 Å². The molecule has 0 bridgehead atoms. The summed E-state index contributed by atoms with van der Waals surface area (Å²) in [5, 5.41) is 0. The third kappa shape index (κ3) is 1.73. The molecule has 2 radical (unpaired) electrons. The van der Waals surface area contributed by atoms with Crippen LogP contribution in [0.1, 0.15) is 13.3 Å². The van der Waals surface area contributed by atoms with E-state index in [0.29, 0.717) is 12.5 Å². The van der Waals surface area contributed by atoms with Gasteiger partial charge in [0.2, 0.25) is 0 Å². The van der Waals surface area contributed by atoms with Crippen LogP contribution in [0.5, 0.6) is 0 Å². The van der Waals surface area contributed by atoms with Crippen molar-refractivity contribution in [3.63, 3.8) is 0 Å². The molecule has 0 aromatic carbocycles. The highest BCUT2D eigenvalue weighted by Crippen LogP contribution is 2.24. The van der Waals surface area contributed by atoms with Gasteiger partial charge >= 0.3 is 0 Å². The summed E-state index contributed by atoms with van der Waals surface area (Å²) in [6.45, 7) is 2.80. The molecule has 3 atom stereocenters. The summed E-state index contributed by atoms with van der Waals surface area (Å²) in [6.07, 6.45) is 1.16. The first-order chi connectivity index (χ1) is 4.74. The molecule has 1 rings (SSSR count). The number of ether oxygens (including phenoxy) is 2. The van der Waals surface area contributed by atoms with Gasteiger partial charge in [-0.05, 0) is 12.3 Å². The zero-order chi connectivity index (χ0) is 7.56. The van der Waals surface area contributed by atoms with Crippen LogP contribution in [0, 0.1) is 5.92 Å². The second kappa shape index (κ2) is 3.40. The Balaban J connectivity index is 2.31. The second-order valence-corrected chi connectivity index (χ2v) is 2.88. The van der Waals surface area contributed by atoms with Crippen LogP contribution in [0.25, 0.3) is 0 Å². The predicted molar refractivity (Wildman–Crippen MR) is 40.1 cm³/mol. The van der Waals surface area contributed by atoms with Gasteiger partial charge in [-0.2, -0.15) is 0 Å². The van der Waals surface area contributed by atoms with Gasteiger partial charge in [0.05, 0.1) is 12.7 Å². The van der Waals surface area contributed by atoms with E-state index in [9.17, 15) is 0 Å². The van der Waals surface area contributed by atoms with E-state index in [2.05, 4.69) is 6.92 Å². The van der Waals surface area contributed by atoms with Crippen molar-refractivity contribution in [1.29, 1.82) is 0 Å². The minimum Gasteiger partial charge on any atom is -0.382 e. The Morgan fingerprint density at radius 2 is 2.40 bits per heavy atom. The fourth-order valence-corrected chi connectivity index (χ4v) is 1.30. The molecule has 1 saturated heterocycles. The van der Waals surface area contributed by atoms with Crippen molar-refractivity contribution >= 4 is 7.85 Å². The smallest absolute Gasteiger partial charge is 0.109 e. The zero-order valence-electron chi connectivity index (χ0n) is 6.54. The van der Waals surface area contributed by atoms with E-state index in [0.717, 1.165) is 6.42 Å². The molecule has 0 saturated carbocycles. The monoisotopic (exact) mass is 140 g/mol. The van der Waals surface area contributed by atoms with Crippen molar-refractivity contribution in [2.45, 2.75) is 25.5 Å². The number of hydrogen-bond donors (Lipinski definition) is 0. The van der Waals surface area contributed by atoms with Crippen LogP contribution >= 0.6 is 0 Å². The Morgan fingerprint density at radius 3 is 2.80 bits per heavy atom. The highest BCUT2D eigenvalue weighted by molar-refractivity contribution is 6.11. The molecule has 1 aliphatic heterocycles. The largest absolute Gasteiger partial charge is 0.382 e. The Labute approximate surface area is 63.3 Å². The van der Waals surface area contributed by atoms with E-state index in [1.807, 2.05) is 0 Å². The van der Waals surface area contributed by atoms with E-state index in [4.69, 9.17) is 17.3 Å². The SMILES string of the molecule is [B][C@H]1CC(C)[C@@H](COC)O1. The highest BCUT2D eigenvalue weighted by Gasteiger charge is 2.28. The molecule has 0 aromatic heterocycles. The van der Waals surface area contributed by atoms with Crippen LogP contribution in [0.15, 0.2) is 0 Å². The number of rotatable bonds is 2. The lowest BCUT2D eigenvalue weighted by Gasteiger charge is -2.12. The highest BCUT2D eigenvalue weighted by atomic mass is 16.5. The molecule has 0 aliphatic carbocycles. The maximum atomic E-state index is 5.57. The van der Waals surface area contributed by atoms with Crippen molar-refractivity contribution in [2.24, 2.45) is 5.92 Å². The van der Waals surface area contributed by atoms with Crippen LogP contribution in [0.2, 0.25) is 0 Å². The molecule has 1 unspecified atom stereocenters. The molecule has 1 aliphatic rings. The molecule has 0 aromatic rings. The third-order valence-corrected chi connectivity index (χ3v) is 1.92. The Bertz CT molecular complexity index is 108. The molecular weight excluding hydrogens is 127 g/mol. The van der Waals surface area contributed by atoms with Crippen molar-refractivity contribution in [1.82, 2.24) is 0 Å². The lowest BCUT2D eigenvalue weighted by atomic mass is 9.92. The maximum Gasteiger partial charge on any atom is 0.109 e. The van der Waals surface area contributed by atoms with Crippen molar-refractivity contribution in [3.05, 3.63) is 0 Å². The first-order valence-electron chi connectivity index (χ1n) is 3.64. The quantitative estimate of drug-likeness (QED) is 0.521. The predicted octanol–water partition coefficient (Wildman–Crippen LogP) is 0.552. The van der Waals surface area contributed by atoms with E-state index in [1.54, 1.807) is 7.11 Å². The molecule has 1 fully saturated rings. The summed E-state index contributed by atoms with van der Waals surface area (Å²) >= 11 is 0. The van der Waals surface area contributed by atoms with Crippen molar-refractivity contribution in [2.75, 3.05) is 13.7 Å². The molecule has 56 valence electrons. The normalized spacial score (nSPS) is 40.4. The van der Waals surface area contributed by atoms with E-state index in [-0.39, 0.29) is 12.1 Å². The van der Waals surface area contributed by atoms with Crippen LogP contribution in [0.3, 0.4) is 0 Å². The van der Waals surface area contributed by atoms with Gasteiger partial charge in [0.1, 0.15) is 7.85 Å². The van der Waals surface area contributed by atoms with Gasteiger partial charge in [0.25, 0.3) is 0 Å². The van der Waals surface area contributed by atoms with E-state index < -0.39 is 0 Å². The molecule has 3 heteroatoms. The first kappa shape index (κ1) is 8.09. The van der Waals surface area contributed by atoms with Gasteiger partial charge in [-0.3, -0.25) is 0 Å². The zero-order valence-corrected chi connectivity index (χ0v) is 6.54. The molecule has 0 spiro atoms. The average Bonchev–Trinajstić information content (AvgIpc) is 2.13. The molecule has 0 amide bonds. The average molecular weight is 140 g/mol. The summed E-state index contributed by atoms with van der Waals surface area (Å²) < 4.78 is 10.3. The molecule has 0 N–H and O–H groups in total. The van der Waals surface area contributed by atoms with Gasteiger partial charge < -0.3 is 9.47 Å². The summed E-state index contributed by atoms with van der Waals surface area (Å²) in [5.41, 5.74) is 0. The fraction of sp³-hybridized carbons (Fsp3) is 1.00. The Morgan fingerprint density at radius 1 is 1.70 bits per heavy atom. The topological polar surface area (TPSA) is 18.5 Å². The van der Waals surface area contributed by atoms with Gasteiger partial charge in [0, 0.05) is 13.1 Å². The Kier molecular flexibility index (Phi) is 2.75. The maximum absolute atomic E-state index is 5.57. The first-order valence-corrected chi connectivity index (χ1v) is 3.64. The van der Waals surface area contributed by atoms with Gasteiger partial charge in [-0.25, -0.2) is 0 Å². The minimum absolute atomic E-state index is 0.0739. The van der Waals surface area contributed by atoms with Crippen molar-refractivity contribution in [3.8, 4) is 0 Å². The van der Waals surface area contributed by atoms with Crippen LogP contribution in [0.4, 0.5) is 0 Å². The van der Waals surface area contributed by atoms with Gasteiger partial charge in [-0.1, -0.05) is 6.92 Å². The number of methoxy groups -OCH3 is 1. The third-order valence-electron chi connectivity index (χ3n) is 1.92. The lowest BCUT2D eigenvalue weighted by Crippen LogP contribution is -2.20. The molecule has 2 nitrogen and oxygen atoms in total.